The number of rotatable bonds is 3. The molecule has 1 unspecified atom stereocenters. The molecular weight excluding hydrogens is 282 g/mol. The number of carbonyl (C=O) groups is 1. The van der Waals surface area contributed by atoms with Gasteiger partial charge in [-0.05, 0) is 11.6 Å². The minimum Gasteiger partial charge on any atom is -0.409 e. The number of carbonyl (C=O) groups excluding carboxylic acids is 1. The van der Waals surface area contributed by atoms with Gasteiger partial charge in [0.2, 0.25) is 5.91 Å². The lowest BCUT2D eigenvalue weighted by Crippen LogP contribution is -2.50. The van der Waals surface area contributed by atoms with Crippen LogP contribution in [0.5, 0.6) is 0 Å². The van der Waals surface area contributed by atoms with Crippen molar-refractivity contribution in [3.8, 4) is 0 Å². The Labute approximate surface area is 121 Å². The first-order valence-corrected chi connectivity index (χ1v) is 6.60. The fraction of sp³-hybridized carbons (Fsp3) is 0.385. The molecule has 0 spiro atoms. The standard InChI is InChI=1S/C13H16ClN3O3/c14-10-4-2-1-3-9(10)7-12(18)17-5-6-20-11(8-17)13(15)16-19/h1-4,11,19H,5-8H2,(H2,15,16). The van der Waals surface area contributed by atoms with Gasteiger partial charge in [-0.1, -0.05) is 35.0 Å². The predicted molar refractivity (Wildman–Crippen MR) is 74.9 cm³/mol. The molecule has 1 aromatic carbocycles. The van der Waals surface area contributed by atoms with Crippen molar-refractivity contribution < 1.29 is 14.7 Å². The van der Waals surface area contributed by atoms with Crippen LogP contribution in [0.2, 0.25) is 5.02 Å². The number of nitrogens with two attached hydrogens (primary N) is 1. The molecule has 1 heterocycles. The minimum absolute atomic E-state index is 0.0276. The van der Waals surface area contributed by atoms with Crippen molar-refractivity contribution in [2.24, 2.45) is 10.9 Å². The lowest BCUT2D eigenvalue weighted by molar-refractivity contribution is -0.135. The lowest BCUT2D eigenvalue weighted by Gasteiger charge is -2.32. The van der Waals surface area contributed by atoms with E-state index in [1.54, 1.807) is 11.0 Å². The first-order chi connectivity index (χ1) is 9.61. The Morgan fingerprint density at radius 3 is 3.00 bits per heavy atom. The van der Waals surface area contributed by atoms with Gasteiger partial charge in [-0.25, -0.2) is 0 Å². The Morgan fingerprint density at radius 1 is 1.55 bits per heavy atom. The molecule has 0 saturated carbocycles. The first-order valence-electron chi connectivity index (χ1n) is 6.22. The highest BCUT2D eigenvalue weighted by Gasteiger charge is 2.27. The maximum atomic E-state index is 12.2. The van der Waals surface area contributed by atoms with Crippen LogP contribution in [0.3, 0.4) is 0 Å². The number of amides is 1. The van der Waals surface area contributed by atoms with Gasteiger partial charge in [0.05, 0.1) is 19.6 Å². The summed E-state index contributed by atoms with van der Waals surface area (Å²) < 4.78 is 5.35. The molecule has 0 aliphatic carbocycles. The Hall–Kier alpha value is -1.79. The van der Waals surface area contributed by atoms with Gasteiger partial charge in [-0.3, -0.25) is 4.79 Å². The van der Waals surface area contributed by atoms with Crippen LogP contribution >= 0.6 is 11.6 Å². The van der Waals surface area contributed by atoms with Gasteiger partial charge in [-0.2, -0.15) is 0 Å². The third-order valence-corrected chi connectivity index (χ3v) is 3.53. The van der Waals surface area contributed by atoms with Gasteiger partial charge in [0.25, 0.3) is 0 Å². The van der Waals surface area contributed by atoms with Gasteiger partial charge < -0.3 is 20.6 Å². The molecule has 0 bridgehead atoms. The van der Waals surface area contributed by atoms with E-state index in [-0.39, 0.29) is 24.7 Å². The molecule has 6 nitrogen and oxygen atoms in total. The van der Waals surface area contributed by atoms with Crippen molar-refractivity contribution in [3.05, 3.63) is 34.9 Å². The largest absolute Gasteiger partial charge is 0.409 e. The molecule has 1 amide bonds. The van der Waals surface area contributed by atoms with Crippen molar-refractivity contribution in [2.45, 2.75) is 12.5 Å². The summed E-state index contributed by atoms with van der Waals surface area (Å²) in [5, 5.41) is 12.1. The number of hydrogen-bond acceptors (Lipinski definition) is 4. The van der Waals surface area contributed by atoms with Gasteiger partial charge >= 0.3 is 0 Å². The number of nitrogens with zero attached hydrogens (tertiary/aromatic N) is 2. The van der Waals surface area contributed by atoms with E-state index in [1.807, 2.05) is 18.2 Å². The second kappa shape index (κ2) is 6.58. The van der Waals surface area contributed by atoms with Crippen molar-refractivity contribution in [3.63, 3.8) is 0 Å². The average Bonchev–Trinajstić information content (AvgIpc) is 2.49. The van der Waals surface area contributed by atoms with E-state index in [0.29, 0.717) is 18.2 Å². The fourth-order valence-electron chi connectivity index (χ4n) is 2.04. The van der Waals surface area contributed by atoms with Gasteiger partial charge in [0.15, 0.2) is 5.84 Å². The van der Waals surface area contributed by atoms with Crippen LogP contribution in [0.1, 0.15) is 5.56 Å². The Bertz CT molecular complexity index is 521. The number of hydrogen-bond donors (Lipinski definition) is 2. The summed E-state index contributed by atoms with van der Waals surface area (Å²) in [5.41, 5.74) is 6.29. The Balaban J connectivity index is 2.01. The van der Waals surface area contributed by atoms with E-state index in [1.165, 1.54) is 0 Å². The number of oxime groups is 1. The molecule has 1 aromatic rings. The highest BCUT2D eigenvalue weighted by Crippen LogP contribution is 2.17. The molecule has 1 atom stereocenters. The van der Waals surface area contributed by atoms with Gasteiger partial charge in [0, 0.05) is 11.6 Å². The quantitative estimate of drug-likeness (QED) is 0.375. The zero-order valence-corrected chi connectivity index (χ0v) is 11.6. The molecule has 3 N–H and O–H groups in total. The van der Waals surface area contributed by atoms with E-state index < -0.39 is 6.10 Å². The molecular formula is C13H16ClN3O3. The summed E-state index contributed by atoms with van der Waals surface area (Å²) in [6.45, 7) is 1.12. The van der Waals surface area contributed by atoms with Crippen LogP contribution in [-0.2, 0) is 16.0 Å². The van der Waals surface area contributed by atoms with Gasteiger partial charge in [0.1, 0.15) is 6.10 Å². The first kappa shape index (κ1) is 14.6. The molecule has 108 valence electrons. The van der Waals surface area contributed by atoms with Crippen LogP contribution in [0, 0.1) is 0 Å². The molecule has 1 aliphatic rings. The van der Waals surface area contributed by atoms with Crippen LogP contribution in [0.25, 0.3) is 0 Å². The summed E-state index contributed by atoms with van der Waals surface area (Å²) in [6.07, 6.45) is -0.341. The summed E-state index contributed by atoms with van der Waals surface area (Å²) in [7, 11) is 0. The van der Waals surface area contributed by atoms with E-state index >= 15 is 0 Å². The van der Waals surface area contributed by atoms with E-state index in [4.69, 9.17) is 27.3 Å². The van der Waals surface area contributed by atoms with Gasteiger partial charge in [-0.15, -0.1) is 0 Å². The molecule has 0 aromatic heterocycles. The Kier molecular flexibility index (Phi) is 4.81. The number of amidine groups is 1. The summed E-state index contributed by atoms with van der Waals surface area (Å²) >= 11 is 6.04. The molecule has 0 radical (unpaired) electrons. The fourth-order valence-corrected chi connectivity index (χ4v) is 2.24. The average molecular weight is 298 g/mol. The monoisotopic (exact) mass is 297 g/mol. The van der Waals surface area contributed by atoms with E-state index in [9.17, 15) is 4.79 Å². The predicted octanol–water partition coefficient (Wildman–Crippen LogP) is 0.856. The molecule has 1 fully saturated rings. The van der Waals surface area contributed by atoms with Crippen LogP contribution < -0.4 is 5.73 Å². The zero-order valence-electron chi connectivity index (χ0n) is 10.8. The number of benzene rings is 1. The summed E-state index contributed by atoms with van der Waals surface area (Å²) in [6, 6.07) is 7.23. The van der Waals surface area contributed by atoms with Crippen LogP contribution in [-0.4, -0.2) is 47.7 Å². The minimum atomic E-state index is -0.566. The van der Waals surface area contributed by atoms with Crippen LogP contribution in [0.4, 0.5) is 0 Å². The molecule has 1 aliphatic heterocycles. The number of ether oxygens (including phenoxy) is 1. The van der Waals surface area contributed by atoms with Crippen molar-refractivity contribution in [1.29, 1.82) is 0 Å². The highest BCUT2D eigenvalue weighted by atomic mass is 35.5. The van der Waals surface area contributed by atoms with E-state index in [2.05, 4.69) is 5.16 Å². The van der Waals surface area contributed by atoms with E-state index in [0.717, 1.165) is 5.56 Å². The molecule has 20 heavy (non-hydrogen) atoms. The second-order valence-corrected chi connectivity index (χ2v) is 4.90. The van der Waals surface area contributed by atoms with Crippen molar-refractivity contribution in [1.82, 2.24) is 4.90 Å². The van der Waals surface area contributed by atoms with Crippen LogP contribution in [0.15, 0.2) is 29.4 Å². The maximum Gasteiger partial charge on any atom is 0.227 e. The smallest absolute Gasteiger partial charge is 0.227 e. The Morgan fingerprint density at radius 2 is 2.30 bits per heavy atom. The summed E-state index contributed by atoms with van der Waals surface area (Å²) in [5.74, 6) is -0.0858. The number of morpholine rings is 1. The molecule has 1 saturated heterocycles. The summed E-state index contributed by atoms with van der Waals surface area (Å²) in [4.78, 5) is 13.9. The van der Waals surface area contributed by atoms with Crippen molar-refractivity contribution >= 4 is 23.3 Å². The van der Waals surface area contributed by atoms with Crippen molar-refractivity contribution in [2.75, 3.05) is 19.7 Å². The third kappa shape index (κ3) is 3.40. The SMILES string of the molecule is NC(=NO)C1CN(C(=O)Cc2ccccc2Cl)CCO1. The number of halogens is 1. The normalized spacial score (nSPS) is 19.9. The maximum absolute atomic E-state index is 12.2. The zero-order chi connectivity index (χ0) is 14.5. The second-order valence-electron chi connectivity index (χ2n) is 4.49. The lowest BCUT2D eigenvalue weighted by atomic mass is 10.1. The molecule has 7 heteroatoms. The highest BCUT2D eigenvalue weighted by molar-refractivity contribution is 6.31. The molecule has 2 rings (SSSR count). The third-order valence-electron chi connectivity index (χ3n) is 3.16. The topological polar surface area (TPSA) is 88.2 Å².